The topological polar surface area (TPSA) is 15.3 Å². The zero-order valence-electron chi connectivity index (χ0n) is 16.2. The molecule has 2 aromatic carbocycles. The van der Waals surface area contributed by atoms with E-state index in [1.807, 2.05) is 0 Å². The summed E-state index contributed by atoms with van der Waals surface area (Å²) in [4.78, 5) is 2.63. The van der Waals surface area contributed by atoms with Gasteiger partial charge in [0, 0.05) is 12.6 Å². The largest absolute Gasteiger partial charge is 0.316 e. The van der Waals surface area contributed by atoms with E-state index < -0.39 is 0 Å². The monoisotopic (exact) mass is 406 g/mol. The van der Waals surface area contributed by atoms with Crippen molar-refractivity contribution < 1.29 is 0 Å². The summed E-state index contributed by atoms with van der Waals surface area (Å²) >= 11 is 0. The molecule has 0 unspecified atom stereocenters. The van der Waals surface area contributed by atoms with Gasteiger partial charge in [0.05, 0.1) is 0 Å². The summed E-state index contributed by atoms with van der Waals surface area (Å²) in [5.41, 5.74) is 7.21. The maximum Gasteiger partial charge on any atom is 0.00675 e. The Morgan fingerprint density at radius 3 is 2.33 bits per heavy atom. The fourth-order valence-corrected chi connectivity index (χ4v) is 4.31. The third-order valence-electron chi connectivity index (χ3n) is 6.01. The Morgan fingerprint density at radius 1 is 0.926 bits per heavy atom. The van der Waals surface area contributed by atoms with Gasteiger partial charge in [0.15, 0.2) is 0 Å². The molecule has 1 fully saturated rings. The van der Waals surface area contributed by atoms with Crippen molar-refractivity contribution in [3.63, 3.8) is 0 Å². The average Bonchev–Trinajstić information content (AvgIpc) is 2.91. The van der Waals surface area contributed by atoms with Crippen molar-refractivity contribution in [1.82, 2.24) is 10.2 Å². The van der Waals surface area contributed by atoms with E-state index in [0.29, 0.717) is 0 Å². The minimum atomic E-state index is 0. The summed E-state index contributed by atoms with van der Waals surface area (Å²) in [6, 6.07) is 17.1. The Kier molecular flexibility index (Phi) is 8.62. The van der Waals surface area contributed by atoms with Crippen LogP contribution in [0.4, 0.5) is 0 Å². The van der Waals surface area contributed by atoms with Gasteiger partial charge in [-0.3, -0.25) is 0 Å². The highest BCUT2D eigenvalue weighted by atomic mass is 35.5. The average molecular weight is 407 g/mol. The van der Waals surface area contributed by atoms with Gasteiger partial charge in [0.1, 0.15) is 0 Å². The number of benzene rings is 2. The van der Waals surface area contributed by atoms with E-state index in [4.69, 9.17) is 0 Å². The van der Waals surface area contributed by atoms with Crippen molar-refractivity contribution in [1.29, 1.82) is 0 Å². The van der Waals surface area contributed by atoms with E-state index in [2.05, 4.69) is 59.6 Å². The molecule has 0 saturated carbocycles. The first-order valence-electron chi connectivity index (χ1n) is 9.95. The Hall–Kier alpha value is -1.06. The SMILES string of the molecule is C[C@@H]1CCCN1CCc1ccc(-c2ccc3c(c2)CCNCC3)cc1.Cl.Cl. The normalized spacial score (nSPS) is 19.5. The minimum absolute atomic E-state index is 0. The lowest BCUT2D eigenvalue weighted by molar-refractivity contribution is 0.272. The molecule has 0 aliphatic carbocycles. The number of fused-ring (bicyclic) bond motifs is 1. The lowest BCUT2D eigenvalue weighted by atomic mass is 9.96. The number of hydrogen-bond acceptors (Lipinski definition) is 2. The number of likely N-dealkylation sites (tertiary alicyclic amines) is 1. The molecule has 1 saturated heterocycles. The number of hydrogen-bond donors (Lipinski definition) is 1. The lowest BCUT2D eigenvalue weighted by Gasteiger charge is -2.20. The van der Waals surface area contributed by atoms with Crippen LogP contribution in [0, 0.1) is 0 Å². The molecule has 0 spiro atoms. The van der Waals surface area contributed by atoms with Crippen LogP contribution in [0.3, 0.4) is 0 Å². The van der Waals surface area contributed by atoms with Crippen LogP contribution >= 0.6 is 24.8 Å². The van der Waals surface area contributed by atoms with Crippen molar-refractivity contribution in [2.45, 2.75) is 45.1 Å². The van der Waals surface area contributed by atoms with Gasteiger partial charge in [0.2, 0.25) is 0 Å². The summed E-state index contributed by atoms with van der Waals surface area (Å²) in [7, 11) is 0. The third kappa shape index (κ3) is 5.48. The highest BCUT2D eigenvalue weighted by molar-refractivity contribution is 5.85. The highest BCUT2D eigenvalue weighted by Gasteiger charge is 2.19. The Balaban J connectivity index is 0.00000131. The maximum absolute atomic E-state index is 3.50. The molecular weight excluding hydrogens is 375 g/mol. The fourth-order valence-electron chi connectivity index (χ4n) is 4.31. The molecule has 2 nitrogen and oxygen atoms in total. The van der Waals surface area contributed by atoms with E-state index >= 15 is 0 Å². The predicted molar refractivity (Wildman–Crippen MR) is 121 cm³/mol. The Labute approximate surface area is 176 Å². The second kappa shape index (κ2) is 10.5. The standard InChI is InChI=1S/C23H30N2.2ClH/c1-18-3-2-15-25(18)16-12-19-4-6-20(7-5-19)22-9-8-21-10-13-24-14-11-23(21)17-22;;/h4-9,17-18,24H,2-3,10-16H2,1H3;2*1H/t18-;;/m1../s1. The molecule has 27 heavy (non-hydrogen) atoms. The first-order valence-corrected chi connectivity index (χ1v) is 9.95. The smallest absolute Gasteiger partial charge is 0.00675 e. The summed E-state index contributed by atoms with van der Waals surface area (Å²) in [5, 5.41) is 3.50. The number of halogens is 2. The van der Waals surface area contributed by atoms with Gasteiger partial charge in [0.25, 0.3) is 0 Å². The Bertz CT molecular complexity index is 715. The van der Waals surface area contributed by atoms with Gasteiger partial charge >= 0.3 is 0 Å². The molecule has 2 aliphatic rings. The van der Waals surface area contributed by atoms with Crippen LogP contribution < -0.4 is 5.32 Å². The molecule has 4 rings (SSSR count). The summed E-state index contributed by atoms with van der Waals surface area (Å²) < 4.78 is 0. The fraction of sp³-hybridized carbons (Fsp3) is 0.478. The Morgan fingerprint density at radius 2 is 1.63 bits per heavy atom. The molecule has 0 aromatic heterocycles. The van der Waals surface area contributed by atoms with Gasteiger partial charge in [-0.25, -0.2) is 0 Å². The summed E-state index contributed by atoms with van der Waals surface area (Å²) in [5.74, 6) is 0. The maximum atomic E-state index is 3.50. The van der Waals surface area contributed by atoms with Gasteiger partial charge < -0.3 is 10.2 Å². The number of rotatable bonds is 4. The lowest BCUT2D eigenvalue weighted by Crippen LogP contribution is -2.28. The van der Waals surface area contributed by atoms with Crippen molar-refractivity contribution in [2.75, 3.05) is 26.2 Å². The second-order valence-electron chi connectivity index (χ2n) is 7.71. The van der Waals surface area contributed by atoms with E-state index in [-0.39, 0.29) is 24.8 Å². The van der Waals surface area contributed by atoms with Crippen molar-refractivity contribution in [2.24, 2.45) is 0 Å². The van der Waals surface area contributed by atoms with Crippen LogP contribution in [0.1, 0.15) is 36.5 Å². The first-order chi connectivity index (χ1) is 12.3. The molecule has 0 amide bonds. The van der Waals surface area contributed by atoms with Crippen molar-refractivity contribution in [3.8, 4) is 11.1 Å². The first kappa shape index (κ1) is 22.2. The number of nitrogens with one attached hydrogen (secondary N) is 1. The molecule has 148 valence electrons. The van der Waals surface area contributed by atoms with Gasteiger partial charge in [-0.2, -0.15) is 0 Å². The number of nitrogens with zero attached hydrogens (tertiary/aromatic N) is 1. The molecule has 0 bridgehead atoms. The predicted octanol–water partition coefficient (Wildman–Crippen LogP) is 4.91. The van der Waals surface area contributed by atoms with Crippen LogP contribution in [0.2, 0.25) is 0 Å². The van der Waals surface area contributed by atoms with Crippen molar-refractivity contribution in [3.05, 3.63) is 59.2 Å². The van der Waals surface area contributed by atoms with Gasteiger partial charge in [-0.1, -0.05) is 42.5 Å². The van der Waals surface area contributed by atoms with Gasteiger partial charge in [-0.05, 0) is 86.5 Å². The van der Waals surface area contributed by atoms with E-state index in [1.54, 1.807) is 0 Å². The molecular formula is C23H32Cl2N2. The molecule has 2 aliphatic heterocycles. The highest BCUT2D eigenvalue weighted by Crippen LogP contribution is 2.25. The molecule has 1 atom stereocenters. The minimum Gasteiger partial charge on any atom is -0.316 e. The molecule has 4 heteroatoms. The summed E-state index contributed by atoms with van der Waals surface area (Å²) in [6.45, 7) is 7.06. The second-order valence-corrected chi connectivity index (χ2v) is 7.71. The zero-order valence-corrected chi connectivity index (χ0v) is 17.9. The quantitative estimate of drug-likeness (QED) is 0.775. The molecule has 0 radical (unpaired) electrons. The van der Waals surface area contributed by atoms with Gasteiger partial charge in [-0.15, -0.1) is 24.8 Å². The van der Waals surface area contributed by atoms with Crippen LogP contribution in [0.5, 0.6) is 0 Å². The van der Waals surface area contributed by atoms with Crippen LogP contribution in [-0.4, -0.2) is 37.1 Å². The molecule has 2 heterocycles. The third-order valence-corrected chi connectivity index (χ3v) is 6.01. The van der Waals surface area contributed by atoms with Crippen LogP contribution in [0.25, 0.3) is 11.1 Å². The van der Waals surface area contributed by atoms with Crippen LogP contribution in [0.15, 0.2) is 42.5 Å². The van der Waals surface area contributed by atoms with E-state index in [1.165, 1.54) is 60.2 Å². The molecule has 1 N–H and O–H groups in total. The van der Waals surface area contributed by atoms with E-state index in [0.717, 1.165) is 32.0 Å². The van der Waals surface area contributed by atoms with Crippen molar-refractivity contribution >= 4 is 24.8 Å². The van der Waals surface area contributed by atoms with E-state index in [9.17, 15) is 0 Å². The zero-order chi connectivity index (χ0) is 17.1. The summed E-state index contributed by atoms with van der Waals surface area (Å²) in [6.07, 6.45) is 6.21. The molecule has 2 aromatic rings. The van der Waals surface area contributed by atoms with Crippen LogP contribution in [-0.2, 0) is 19.3 Å².